The Bertz CT molecular complexity index is 601. The highest BCUT2D eigenvalue weighted by Gasteiger charge is 2.15. The first-order valence-electron chi connectivity index (χ1n) is 5.66. The molecule has 3 N–H and O–H groups in total. The fraction of sp³-hybridized carbons (Fsp3) is 0.308. The molecule has 1 aromatic carbocycles. The highest BCUT2D eigenvalue weighted by Crippen LogP contribution is 2.31. The zero-order valence-corrected chi connectivity index (χ0v) is 10.3. The Morgan fingerprint density at radius 3 is 2.72 bits per heavy atom. The van der Waals surface area contributed by atoms with Crippen LogP contribution in [-0.4, -0.2) is 29.3 Å². The predicted octanol–water partition coefficient (Wildman–Crippen LogP) is 1.48. The predicted molar refractivity (Wildman–Crippen MR) is 66.8 cm³/mol. The third-order valence-corrected chi connectivity index (χ3v) is 2.96. The minimum absolute atomic E-state index is 0.120. The van der Waals surface area contributed by atoms with Gasteiger partial charge in [0.25, 0.3) is 5.91 Å². The molecule has 5 heteroatoms. The second-order valence-electron chi connectivity index (χ2n) is 4.15. The lowest BCUT2D eigenvalue weighted by molar-refractivity contribution is 0.0919. The van der Waals surface area contributed by atoms with E-state index in [9.17, 15) is 9.90 Å². The summed E-state index contributed by atoms with van der Waals surface area (Å²) in [6.07, 6.45) is 0. The molecule has 2 aromatic rings. The number of carbonyl (C=O) groups is 1. The lowest BCUT2D eigenvalue weighted by atomic mass is 10.1. The number of rotatable bonds is 3. The lowest BCUT2D eigenvalue weighted by Crippen LogP contribution is -2.25. The van der Waals surface area contributed by atoms with Crippen LogP contribution in [0.5, 0.6) is 5.75 Å². The molecule has 0 radical (unpaired) electrons. The molecule has 2 rings (SSSR count). The van der Waals surface area contributed by atoms with Gasteiger partial charge in [0, 0.05) is 11.9 Å². The van der Waals surface area contributed by atoms with E-state index in [0.29, 0.717) is 11.0 Å². The number of aliphatic hydroxyl groups is 1. The Kier molecular flexibility index (Phi) is 3.25. The van der Waals surface area contributed by atoms with E-state index in [1.807, 2.05) is 6.92 Å². The van der Waals surface area contributed by atoms with E-state index in [1.54, 1.807) is 19.1 Å². The van der Waals surface area contributed by atoms with Crippen LogP contribution in [0.25, 0.3) is 11.0 Å². The maximum Gasteiger partial charge on any atom is 0.287 e. The van der Waals surface area contributed by atoms with Crippen LogP contribution in [0, 0.1) is 13.8 Å². The van der Waals surface area contributed by atoms with Crippen molar-refractivity contribution in [2.45, 2.75) is 13.8 Å². The molecule has 1 amide bonds. The fourth-order valence-electron chi connectivity index (χ4n) is 1.79. The molecule has 18 heavy (non-hydrogen) atoms. The van der Waals surface area contributed by atoms with Gasteiger partial charge in [-0.2, -0.15) is 0 Å². The maximum atomic E-state index is 11.7. The summed E-state index contributed by atoms with van der Waals surface area (Å²) < 4.78 is 5.49. The molecule has 1 aromatic heterocycles. The zero-order valence-electron chi connectivity index (χ0n) is 10.3. The first kappa shape index (κ1) is 12.4. The van der Waals surface area contributed by atoms with E-state index in [1.165, 1.54) is 0 Å². The van der Waals surface area contributed by atoms with Gasteiger partial charge in [-0.25, -0.2) is 0 Å². The summed E-state index contributed by atoms with van der Waals surface area (Å²) in [5, 5.41) is 21.6. The number of aliphatic hydroxyl groups excluding tert-OH is 1. The van der Waals surface area contributed by atoms with Crippen molar-refractivity contribution in [3.05, 3.63) is 29.0 Å². The van der Waals surface area contributed by atoms with Crippen molar-refractivity contribution in [2.75, 3.05) is 13.2 Å². The topological polar surface area (TPSA) is 82.7 Å². The first-order valence-corrected chi connectivity index (χ1v) is 5.66. The molecule has 0 saturated carbocycles. The van der Waals surface area contributed by atoms with Gasteiger partial charge in [0.05, 0.1) is 6.61 Å². The molecule has 0 spiro atoms. The van der Waals surface area contributed by atoms with Gasteiger partial charge in [-0.15, -0.1) is 0 Å². The molecule has 96 valence electrons. The second kappa shape index (κ2) is 4.70. The summed E-state index contributed by atoms with van der Waals surface area (Å²) in [4.78, 5) is 11.7. The van der Waals surface area contributed by atoms with E-state index < -0.39 is 0 Å². The lowest BCUT2D eigenvalue weighted by Gasteiger charge is -2.03. The number of aryl methyl sites for hydroxylation is 1. The number of furan rings is 1. The van der Waals surface area contributed by atoms with Gasteiger partial charge in [-0.05, 0) is 37.1 Å². The van der Waals surface area contributed by atoms with Gasteiger partial charge >= 0.3 is 0 Å². The molecule has 0 aliphatic heterocycles. The van der Waals surface area contributed by atoms with Gasteiger partial charge in [-0.1, -0.05) is 0 Å². The number of fused-ring (bicyclic) bond motifs is 1. The molecule has 0 saturated heterocycles. The largest absolute Gasteiger partial charge is 0.508 e. The molecule has 1 heterocycles. The highest BCUT2D eigenvalue weighted by molar-refractivity contribution is 5.97. The van der Waals surface area contributed by atoms with Crippen molar-refractivity contribution in [1.29, 1.82) is 0 Å². The van der Waals surface area contributed by atoms with Crippen LogP contribution in [0.3, 0.4) is 0 Å². The third-order valence-electron chi connectivity index (χ3n) is 2.96. The normalized spacial score (nSPS) is 10.8. The fourth-order valence-corrected chi connectivity index (χ4v) is 1.79. The highest BCUT2D eigenvalue weighted by atomic mass is 16.3. The van der Waals surface area contributed by atoms with Gasteiger partial charge in [0.1, 0.15) is 11.3 Å². The average Bonchev–Trinajstić information content (AvgIpc) is 2.77. The quantitative estimate of drug-likeness (QED) is 0.769. The maximum absolute atomic E-state index is 11.7. The number of carbonyl (C=O) groups excluding carboxylic acids is 1. The molecular weight excluding hydrogens is 234 g/mol. The van der Waals surface area contributed by atoms with Crippen molar-refractivity contribution in [3.8, 4) is 5.75 Å². The summed E-state index contributed by atoms with van der Waals surface area (Å²) >= 11 is 0. The Hall–Kier alpha value is -2.01. The number of amides is 1. The standard InChI is InChI=1S/C13H15NO4/c1-7-8(2)12-9(5-10(7)16)6-11(18-12)13(17)14-3-4-15/h5-6,15-16H,3-4H2,1-2H3,(H,14,17). The van der Waals surface area contributed by atoms with Gasteiger partial charge < -0.3 is 19.9 Å². The van der Waals surface area contributed by atoms with Crippen molar-refractivity contribution in [1.82, 2.24) is 5.32 Å². The number of benzene rings is 1. The van der Waals surface area contributed by atoms with Crippen LogP contribution in [-0.2, 0) is 0 Å². The molecule has 0 atom stereocenters. The molecule has 0 aliphatic carbocycles. The van der Waals surface area contributed by atoms with Crippen molar-refractivity contribution in [2.24, 2.45) is 0 Å². The average molecular weight is 249 g/mol. The van der Waals surface area contributed by atoms with Crippen molar-refractivity contribution < 1.29 is 19.4 Å². The molecular formula is C13H15NO4. The smallest absolute Gasteiger partial charge is 0.287 e. The summed E-state index contributed by atoms with van der Waals surface area (Å²) in [6, 6.07) is 3.15. The van der Waals surface area contributed by atoms with Crippen LogP contribution >= 0.6 is 0 Å². The number of hydrogen-bond acceptors (Lipinski definition) is 4. The minimum atomic E-state index is -0.378. The zero-order chi connectivity index (χ0) is 13.3. The van der Waals surface area contributed by atoms with Crippen LogP contribution in [0.2, 0.25) is 0 Å². The van der Waals surface area contributed by atoms with E-state index >= 15 is 0 Å². The van der Waals surface area contributed by atoms with Gasteiger partial charge in [0.2, 0.25) is 0 Å². The molecule has 0 fully saturated rings. The van der Waals surface area contributed by atoms with Crippen molar-refractivity contribution in [3.63, 3.8) is 0 Å². The van der Waals surface area contributed by atoms with Crippen LogP contribution in [0.4, 0.5) is 0 Å². The summed E-state index contributed by atoms with van der Waals surface area (Å²) in [6.45, 7) is 3.68. The number of hydrogen-bond donors (Lipinski definition) is 3. The monoisotopic (exact) mass is 249 g/mol. The van der Waals surface area contributed by atoms with E-state index in [0.717, 1.165) is 11.1 Å². The van der Waals surface area contributed by atoms with E-state index in [2.05, 4.69) is 5.32 Å². The van der Waals surface area contributed by atoms with Crippen LogP contribution in [0.1, 0.15) is 21.7 Å². The molecule has 0 unspecified atom stereocenters. The first-order chi connectivity index (χ1) is 8.54. The summed E-state index contributed by atoms with van der Waals surface area (Å²) in [5.41, 5.74) is 2.14. The second-order valence-corrected chi connectivity index (χ2v) is 4.15. The Balaban J connectivity index is 2.44. The number of phenols is 1. The third kappa shape index (κ3) is 2.04. The molecule has 0 bridgehead atoms. The van der Waals surface area contributed by atoms with Gasteiger partial charge in [0.15, 0.2) is 5.76 Å². The van der Waals surface area contributed by atoms with Crippen LogP contribution < -0.4 is 5.32 Å². The van der Waals surface area contributed by atoms with Crippen LogP contribution in [0.15, 0.2) is 16.5 Å². The van der Waals surface area contributed by atoms with Gasteiger partial charge in [-0.3, -0.25) is 4.79 Å². The Labute approximate surface area is 104 Å². The van der Waals surface area contributed by atoms with E-state index in [4.69, 9.17) is 9.52 Å². The summed E-state index contributed by atoms with van der Waals surface area (Å²) in [5.74, 6) is -0.0218. The van der Waals surface area contributed by atoms with Crippen molar-refractivity contribution >= 4 is 16.9 Å². The molecule has 0 aliphatic rings. The number of phenolic OH excluding ortho intramolecular Hbond substituents is 1. The molecule has 5 nitrogen and oxygen atoms in total. The number of nitrogens with one attached hydrogen (secondary N) is 1. The SMILES string of the molecule is Cc1c(O)cc2cc(C(=O)NCCO)oc2c1C. The Morgan fingerprint density at radius 1 is 1.33 bits per heavy atom. The summed E-state index contributed by atoms with van der Waals surface area (Å²) in [7, 11) is 0. The number of aromatic hydroxyl groups is 1. The minimum Gasteiger partial charge on any atom is -0.508 e. The Morgan fingerprint density at radius 2 is 2.06 bits per heavy atom. The van der Waals surface area contributed by atoms with E-state index in [-0.39, 0.29) is 30.6 Å².